The second-order valence-electron chi connectivity index (χ2n) is 4.58. The first kappa shape index (κ1) is 10.3. The van der Waals surface area contributed by atoms with E-state index in [9.17, 15) is 4.79 Å². The molecule has 1 unspecified atom stereocenters. The van der Waals surface area contributed by atoms with Crippen molar-refractivity contribution < 1.29 is 9.90 Å². The second kappa shape index (κ2) is 3.74. The third kappa shape index (κ3) is 2.06. The van der Waals surface area contributed by atoms with Crippen LogP contribution in [0.25, 0.3) is 0 Å². The fraction of sp³-hybridized carbons (Fsp3) is 0.900. The van der Waals surface area contributed by atoms with Crippen LogP contribution in [0.3, 0.4) is 0 Å². The van der Waals surface area contributed by atoms with Gasteiger partial charge < -0.3 is 5.11 Å². The maximum Gasteiger partial charge on any atom is 0.321 e. The number of rotatable bonds is 3. The van der Waals surface area contributed by atoms with Gasteiger partial charge in [0, 0.05) is 5.75 Å². The third-order valence-electron chi connectivity index (χ3n) is 3.25. The Hall–Kier alpha value is -0.220. The Bertz CT molecular complexity index is 242. The molecule has 1 saturated heterocycles. The highest BCUT2D eigenvalue weighted by atomic mass is 32.2. The average Bonchev–Trinajstić information content (AvgIpc) is 2.42. The van der Waals surface area contributed by atoms with E-state index in [0.29, 0.717) is 5.75 Å². The summed E-state index contributed by atoms with van der Waals surface area (Å²) >= 11 is 1.77. The molecule has 0 aromatic heterocycles. The van der Waals surface area contributed by atoms with Crippen LogP contribution in [0.15, 0.2) is 0 Å². The maximum atomic E-state index is 10.8. The van der Waals surface area contributed by atoms with Crippen molar-refractivity contribution in [1.82, 2.24) is 5.32 Å². The fourth-order valence-electron chi connectivity index (χ4n) is 2.22. The summed E-state index contributed by atoms with van der Waals surface area (Å²) in [6.07, 6.45) is 5.14. The minimum atomic E-state index is -0.713. The Morgan fingerprint density at radius 3 is 2.79 bits per heavy atom. The highest BCUT2D eigenvalue weighted by molar-refractivity contribution is 8.00. The van der Waals surface area contributed by atoms with E-state index in [1.54, 1.807) is 11.8 Å². The molecule has 2 N–H and O–H groups in total. The molecule has 1 aliphatic carbocycles. The maximum absolute atomic E-state index is 10.8. The first-order valence-electron chi connectivity index (χ1n) is 5.23. The zero-order valence-electron chi connectivity index (χ0n) is 8.45. The molecule has 3 nitrogen and oxygen atoms in total. The smallest absolute Gasteiger partial charge is 0.321 e. The lowest BCUT2D eigenvalue weighted by atomic mass is 9.81. The first-order valence-corrected chi connectivity index (χ1v) is 6.22. The standard InChI is InChI=1S/C10H17NO2S/c1-10(5-7-3-2-4-7)11-8(6-14-10)9(12)13/h7-8,11H,2-6H2,1H3,(H,12,13)/t8-,10?/m0/s1. The molecule has 4 heteroatoms. The molecule has 0 radical (unpaired) electrons. The average molecular weight is 215 g/mol. The van der Waals surface area contributed by atoms with Gasteiger partial charge in [-0.1, -0.05) is 19.3 Å². The lowest BCUT2D eigenvalue weighted by Gasteiger charge is -2.34. The van der Waals surface area contributed by atoms with E-state index < -0.39 is 5.97 Å². The van der Waals surface area contributed by atoms with Crippen molar-refractivity contribution in [1.29, 1.82) is 0 Å². The summed E-state index contributed by atoms with van der Waals surface area (Å²) in [5, 5.41) is 12.1. The number of thioether (sulfide) groups is 1. The van der Waals surface area contributed by atoms with Crippen LogP contribution in [-0.4, -0.2) is 27.7 Å². The summed E-state index contributed by atoms with van der Waals surface area (Å²) in [7, 11) is 0. The minimum Gasteiger partial charge on any atom is -0.480 e. The molecule has 2 atom stereocenters. The van der Waals surface area contributed by atoms with Crippen molar-refractivity contribution in [2.45, 2.75) is 43.5 Å². The number of carboxylic acid groups (broad SMARTS) is 1. The third-order valence-corrected chi connectivity index (χ3v) is 4.67. The lowest BCUT2D eigenvalue weighted by Crippen LogP contribution is -2.44. The molecule has 2 rings (SSSR count). The summed E-state index contributed by atoms with van der Waals surface area (Å²) in [6, 6.07) is -0.343. The zero-order valence-corrected chi connectivity index (χ0v) is 9.27. The van der Waals surface area contributed by atoms with E-state index in [1.165, 1.54) is 19.3 Å². The summed E-state index contributed by atoms with van der Waals surface area (Å²) in [4.78, 5) is 10.8. The molecular weight excluding hydrogens is 198 g/mol. The molecule has 0 amide bonds. The van der Waals surface area contributed by atoms with Crippen LogP contribution < -0.4 is 5.32 Å². The van der Waals surface area contributed by atoms with Gasteiger partial charge in [0.25, 0.3) is 0 Å². The fourth-order valence-corrected chi connectivity index (χ4v) is 3.56. The van der Waals surface area contributed by atoms with Gasteiger partial charge in [0.05, 0.1) is 4.87 Å². The quantitative estimate of drug-likeness (QED) is 0.752. The number of nitrogens with one attached hydrogen (secondary N) is 1. The van der Waals surface area contributed by atoms with E-state index >= 15 is 0 Å². The first-order chi connectivity index (χ1) is 6.59. The van der Waals surface area contributed by atoms with Crippen LogP contribution in [0.5, 0.6) is 0 Å². The molecule has 0 bridgehead atoms. The van der Waals surface area contributed by atoms with Gasteiger partial charge >= 0.3 is 5.97 Å². The van der Waals surface area contributed by atoms with Gasteiger partial charge in [-0.2, -0.15) is 0 Å². The monoisotopic (exact) mass is 215 g/mol. The Kier molecular flexibility index (Phi) is 2.75. The molecule has 1 aliphatic heterocycles. The normalized spacial score (nSPS) is 38.2. The summed E-state index contributed by atoms with van der Waals surface area (Å²) in [5.74, 6) is 0.820. The van der Waals surface area contributed by atoms with E-state index in [1.807, 2.05) is 0 Å². The van der Waals surface area contributed by atoms with Crippen LogP contribution in [-0.2, 0) is 4.79 Å². The van der Waals surface area contributed by atoms with Gasteiger partial charge in [-0.3, -0.25) is 10.1 Å². The number of hydrogen-bond donors (Lipinski definition) is 2. The molecular formula is C10H17NO2S. The molecule has 14 heavy (non-hydrogen) atoms. The molecule has 2 fully saturated rings. The van der Waals surface area contributed by atoms with Gasteiger partial charge in [0.1, 0.15) is 6.04 Å². The zero-order chi connectivity index (χ0) is 10.2. The number of carboxylic acids is 1. The number of carbonyl (C=O) groups is 1. The van der Waals surface area contributed by atoms with Crippen molar-refractivity contribution >= 4 is 17.7 Å². The molecule has 80 valence electrons. The lowest BCUT2D eigenvalue weighted by molar-refractivity contribution is -0.138. The summed E-state index contributed by atoms with van der Waals surface area (Å²) in [5.41, 5.74) is 0. The SMILES string of the molecule is CC1(CC2CCC2)N[C@H](C(=O)O)CS1. The van der Waals surface area contributed by atoms with Gasteiger partial charge in [-0.25, -0.2) is 0 Å². The van der Waals surface area contributed by atoms with Crippen molar-refractivity contribution in [3.05, 3.63) is 0 Å². The van der Waals surface area contributed by atoms with Gasteiger partial charge in [-0.15, -0.1) is 11.8 Å². The topological polar surface area (TPSA) is 49.3 Å². The molecule has 1 saturated carbocycles. The Morgan fingerprint density at radius 1 is 1.64 bits per heavy atom. The molecule has 0 aromatic rings. The molecule has 1 heterocycles. The minimum absolute atomic E-state index is 0.00808. The summed E-state index contributed by atoms with van der Waals surface area (Å²) in [6.45, 7) is 2.14. The highest BCUT2D eigenvalue weighted by Crippen LogP contribution is 2.41. The Labute approximate surface area is 88.6 Å². The van der Waals surface area contributed by atoms with E-state index in [4.69, 9.17) is 5.11 Å². The van der Waals surface area contributed by atoms with Crippen molar-refractivity contribution in [3.63, 3.8) is 0 Å². The van der Waals surface area contributed by atoms with E-state index in [2.05, 4.69) is 12.2 Å². The largest absolute Gasteiger partial charge is 0.480 e. The Morgan fingerprint density at radius 2 is 2.36 bits per heavy atom. The van der Waals surface area contributed by atoms with Crippen LogP contribution in [0.4, 0.5) is 0 Å². The predicted molar refractivity (Wildman–Crippen MR) is 57.4 cm³/mol. The molecule has 0 aromatic carbocycles. The van der Waals surface area contributed by atoms with Crippen LogP contribution in [0.1, 0.15) is 32.6 Å². The molecule has 0 spiro atoms. The predicted octanol–water partition coefficient (Wildman–Crippen LogP) is 1.68. The van der Waals surface area contributed by atoms with Gasteiger partial charge in [0.15, 0.2) is 0 Å². The van der Waals surface area contributed by atoms with E-state index in [0.717, 1.165) is 12.3 Å². The Balaban J connectivity index is 1.87. The van der Waals surface area contributed by atoms with Crippen LogP contribution >= 0.6 is 11.8 Å². The van der Waals surface area contributed by atoms with Gasteiger partial charge in [-0.05, 0) is 19.3 Å². The van der Waals surface area contributed by atoms with Crippen LogP contribution in [0.2, 0.25) is 0 Å². The van der Waals surface area contributed by atoms with E-state index in [-0.39, 0.29) is 10.9 Å². The summed E-state index contributed by atoms with van der Waals surface area (Å²) < 4.78 is 0. The highest BCUT2D eigenvalue weighted by Gasteiger charge is 2.40. The molecule has 2 aliphatic rings. The number of hydrogen-bond acceptors (Lipinski definition) is 3. The van der Waals surface area contributed by atoms with Crippen molar-refractivity contribution in [2.24, 2.45) is 5.92 Å². The van der Waals surface area contributed by atoms with Crippen LogP contribution in [0, 0.1) is 5.92 Å². The van der Waals surface area contributed by atoms with Crippen molar-refractivity contribution in [3.8, 4) is 0 Å². The van der Waals surface area contributed by atoms with Gasteiger partial charge in [0.2, 0.25) is 0 Å². The van der Waals surface area contributed by atoms with Crippen molar-refractivity contribution in [2.75, 3.05) is 5.75 Å². The number of aliphatic carboxylic acids is 1. The second-order valence-corrected chi connectivity index (χ2v) is 6.10.